The lowest BCUT2D eigenvalue weighted by Crippen LogP contribution is -2.36. The monoisotopic (exact) mass is 369 g/mol. The normalized spacial score (nSPS) is 17.0. The molecule has 2 N–H and O–H groups in total. The van der Waals surface area contributed by atoms with Gasteiger partial charge in [-0.2, -0.15) is 0 Å². The van der Waals surface area contributed by atoms with Gasteiger partial charge in [-0.05, 0) is 44.0 Å². The van der Waals surface area contributed by atoms with Gasteiger partial charge in [0.15, 0.2) is 0 Å². The lowest BCUT2D eigenvalue weighted by Gasteiger charge is -2.21. The number of methoxy groups -OCH3 is 1. The van der Waals surface area contributed by atoms with Gasteiger partial charge in [0.25, 0.3) is 0 Å². The highest BCUT2D eigenvalue weighted by atomic mass is 32.2. The predicted molar refractivity (Wildman–Crippen MR) is 97.2 cm³/mol. The third-order valence-corrected chi connectivity index (χ3v) is 5.69. The Balaban J connectivity index is 1.98. The van der Waals surface area contributed by atoms with Gasteiger partial charge in [0.1, 0.15) is 0 Å². The maximum absolute atomic E-state index is 12.3. The number of likely N-dealkylation sites (tertiary alicyclic amines) is 1. The van der Waals surface area contributed by atoms with E-state index in [1.54, 1.807) is 19.1 Å². The number of benzene rings is 1. The molecule has 25 heavy (non-hydrogen) atoms. The maximum Gasteiger partial charge on any atom is 0.321 e. The SMILES string of the molecule is COC[C@@H](C)NS(=O)(=O)c1ccc(NC(=O)N2CCCCCC2)cc1. The van der Waals surface area contributed by atoms with Crippen LogP contribution in [0.25, 0.3) is 0 Å². The Morgan fingerprint density at radius 1 is 1.16 bits per heavy atom. The Morgan fingerprint density at radius 2 is 1.76 bits per heavy atom. The van der Waals surface area contributed by atoms with Gasteiger partial charge in [0.2, 0.25) is 10.0 Å². The van der Waals surface area contributed by atoms with Crippen LogP contribution in [0.3, 0.4) is 0 Å². The molecule has 1 saturated heterocycles. The van der Waals surface area contributed by atoms with Crippen LogP contribution in [0, 0.1) is 0 Å². The fourth-order valence-corrected chi connectivity index (χ4v) is 4.04. The first-order valence-corrected chi connectivity index (χ1v) is 10.1. The van der Waals surface area contributed by atoms with Crippen LogP contribution in [0.15, 0.2) is 29.2 Å². The molecule has 140 valence electrons. The van der Waals surface area contributed by atoms with Crippen molar-refractivity contribution in [3.63, 3.8) is 0 Å². The van der Waals surface area contributed by atoms with Crippen molar-refractivity contribution in [1.29, 1.82) is 0 Å². The average molecular weight is 369 g/mol. The first kappa shape index (κ1) is 19.7. The number of nitrogens with zero attached hydrogens (tertiary/aromatic N) is 1. The number of ether oxygens (including phenoxy) is 1. The third kappa shape index (κ3) is 5.98. The zero-order valence-electron chi connectivity index (χ0n) is 14.8. The standard InChI is InChI=1S/C17H27N3O4S/c1-14(13-24-2)19-25(22,23)16-9-7-15(8-10-16)18-17(21)20-11-5-3-4-6-12-20/h7-10,14,19H,3-6,11-13H2,1-2H3,(H,18,21)/t14-/m1/s1. The molecule has 1 aliphatic heterocycles. The molecule has 1 aliphatic rings. The van der Waals surface area contributed by atoms with E-state index in [0.29, 0.717) is 12.3 Å². The average Bonchev–Trinajstić information content (AvgIpc) is 2.84. The van der Waals surface area contributed by atoms with E-state index in [1.807, 2.05) is 4.90 Å². The largest absolute Gasteiger partial charge is 0.383 e. The number of urea groups is 1. The molecular weight excluding hydrogens is 342 g/mol. The zero-order chi connectivity index (χ0) is 18.3. The Kier molecular flexibility index (Phi) is 7.22. The summed E-state index contributed by atoms with van der Waals surface area (Å²) in [6.45, 7) is 3.55. The Bertz CT molecular complexity index is 653. The summed E-state index contributed by atoms with van der Waals surface area (Å²) in [6, 6.07) is 5.72. The second-order valence-corrected chi connectivity index (χ2v) is 8.05. The van der Waals surface area contributed by atoms with Crippen molar-refractivity contribution in [3.8, 4) is 0 Å². The number of amides is 2. The molecule has 0 unspecified atom stereocenters. The lowest BCUT2D eigenvalue weighted by atomic mass is 10.2. The molecule has 1 aromatic rings. The van der Waals surface area contributed by atoms with E-state index in [9.17, 15) is 13.2 Å². The summed E-state index contributed by atoms with van der Waals surface area (Å²) in [5.74, 6) is 0. The van der Waals surface area contributed by atoms with Gasteiger partial charge in [-0.15, -0.1) is 0 Å². The predicted octanol–water partition coefficient (Wildman–Crippen LogP) is 2.41. The van der Waals surface area contributed by atoms with Crippen LogP contribution in [-0.2, 0) is 14.8 Å². The summed E-state index contributed by atoms with van der Waals surface area (Å²) >= 11 is 0. The topological polar surface area (TPSA) is 87.7 Å². The zero-order valence-corrected chi connectivity index (χ0v) is 15.6. The molecule has 0 bridgehead atoms. The van der Waals surface area contributed by atoms with Gasteiger partial charge in [0.05, 0.1) is 11.5 Å². The molecule has 1 heterocycles. The minimum absolute atomic E-state index is 0.135. The lowest BCUT2D eigenvalue weighted by molar-refractivity contribution is 0.180. The second-order valence-electron chi connectivity index (χ2n) is 6.33. The second kappa shape index (κ2) is 9.17. The molecule has 2 amide bonds. The number of hydrogen-bond acceptors (Lipinski definition) is 4. The van der Waals surface area contributed by atoms with Gasteiger partial charge in [-0.1, -0.05) is 12.8 Å². The summed E-state index contributed by atoms with van der Waals surface area (Å²) in [5, 5.41) is 2.83. The molecule has 0 aliphatic carbocycles. The molecule has 7 nitrogen and oxygen atoms in total. The van der Waals surface area contributed by atoms with Gasteiger partial charge >= 0.3 is 6.03 Å². The minimum Gasteiger partial charge on any atom is -0.383 e. The number of sulfonamides is 1. The van der Waals surface area contributed by atoms with Crippen LogP contribution in [0.5, 0.6) is 0 Å². The van der Waals surface area contributed by atoms with Gasteiger partial charge in [-0.3, -0.25) is 0 Å². The molecule has 0 aromatic heterocycles. The van der Waals surface area contributed by atoms with Crippen LogP contribution < -0.4 is 10.0 Å². The highest BCUT2D eigenvalue weighted by Crippen LogP contribution is 2.16. The minimum atomic E-state index is -3.61. The number of hydrogen-bond donors (Lipinski definition) is 2. The highest BCUT2D eigenvalue weighted by molar-refractivity contribution is 7.89. The molecular formula is C17H27N3O4S. The van der Waals surface area contributed by atoms with Crippen LogP contribution in [-0.4, -0.2) is 52.2 Å². The van der Waals surface area contributed by atoms with E-state index in [1.165, 1.54) is 19.2 Å². The van der Waals surface area contributed by atoms with Crippen molar-refractivity contribution in [2.24, 2.45) is 0 Å². The van der Waals surface area contributed by atoms with Gasteiger partial charge in [0, 0.05) is 31.9 Å². The fourth-order valence-electron chi connectivity index (χ4n) is 2.81. The summed E-state index contributed by atoms with van der Waals surface area (Å²) in [5.41, 5.74) is 0.582. The number of nitrogens with one attached hydrogen (secondary N) is 2. The molecule has 8 heteroatoms. The first-order chi connectivity index (χ1) is 11.9. The Morgan fingerprint density at radius 3 is 2.32 bits per heavy atom. The van der Waals surface area contributed by atoms with Crippen LogP contribution in [0.2, 0.25) is 0 Å². The van der Waals surface area contributed by atoms with E-state index in [-0.39, 0.29) is 17.0 Å². The summed E-state index contributed by atoms with van der Waals surface area (Å²) in [7, 11) is -2.08. The maximum atomic E-state index is 12.3. The number of carbonyl (C=O) groups excluding carboxylic acids is 1. The van der Waals surface area contributed by atoms with E-state index in [2.05, 4.69) is 10.0 Å². The number of carbonyl (C=O) groups is 1. The van der Waals surface area contributed by atoms with E-state index in [4.69, 9.17) is 4.74 Å². The molecule has 1 fully saturated rings. The Hall–Kier alpha value is -1.64. The van der Waals surface area contributed by atoms with Crippen molar-refractivity contribution >= 4 is 21.7 Å². The summed E-state index contributed by atoms with van der Waals surface area (Å²) < 4.78 is 32.0. The van der Waals surface area contributed by atoms with Gasteiger partial charge < -0.3 is 15.0 Å². The highest BCUT2D eigenvalue weighted by Gasteiger charge is 2.18. The number of rotatable bonds is 6. The quantitative estimate of drug-likeness (QED) is 0.806. The Labute approximate surface area is 149 Å². The van der Waals surface area contributed by atoms with Crippen LogP contribution >= 0.6 is 0 Å². The van der Waals surface area contributed by atoms with Crippen molar-refractivity contribution in [3.05, 3.63) is 24.3 Å². The smallest absolute Gasteiger partial charge is 0.321 e. The van der Waals surface area contributed by atoms with Crippen LogP contribution in [0.1, 0.15) is 32.6 Å². The summed E-state index contributed by atoms with van der Waals surface area (Å²) in [6.07, 6.45) is 4.36. The summed E-state index contributed by atoms with van der Waals surface area (Å²) in [4.78, 5) is 14.3. The van der Waals surface area contributed by atoms with E-state index < -0.39 is 10.0 Å². The van der Waals surface area contributed by atoms with Gasteiger partial charge in [-0.25, -0.2) is 17.9 Å². The third-order valence-electron chi connectivity index (χ3n) is 4.08. The molecule has 2 rings (SSSR count). The first-order valence-electron chi connectivity index (χ1n) is 8.59. The van der Waals surface area contributed by atoms with Crippen molar-refractivity contribution in [2.75, 3.05) is 32.1 Å². The molecule has 0 radical (unpaired) electrons. The van der Waals surface area contributed by atoms with E-state index in [0.717, 1.165) is 38.8 Å². The van der Waals surface area contributed by atoms with E-state index >= 15 is 0 Å². The fraction of sp³-hybridized carbons (Fsp3) is 0.588. The number of anilines is 1. The molecule has 1 atom stereocenters. The molecule has 0 saturated carbocycles. The van der Waals surface area contributed by atoms with Crippen molar-refractivity contribution < 1.29 is 17.9 Å². The van der Waals surface area contributed by atoms with Crippen LogP contribution in [0.4, 0.5) is 10.5 Å². The van der Waals surface area contributed by atoms with Crippen molar-refractivity contribution in [1.82, 2.24) is 9.62 Å². The van der Waals surface area contributed by atoms with Crippen molar-refractivity contribution in [2.45, 2.75) is 43.5 Å². The molecule has 1 aromatic carbocycles. The molecule has 0 spiro atoms.